The Bertz CT molecular complexity index is 631. The van der Waals surface area contributed by atoms with Gasteiger partial charge < -0.3 is 5.01 Å². The van der Waals surface area contributed by atoms with E-state index in [0.717, 1.165) is 19.4 Å². The van der Waals surface area contributed by atoms with Crippen molar-refractivity contribution in [3.8, 4) is 11.1 Å². The van der Waals surface area contributed by atoms with Crippen molar-refractivity contribution in [2.24, 2.45) is 0 Å². The number of nitrogens with one attached hydrogen (secondary N) is 1. The van der Waals surface area contributed by atoms with Crippen molar-refractivity contribution in [1.29, 1.82) is 0 Å². The van der Waals surface area contributed by atoms with Crippen LogP contribution >= 0.6 is 0 Å². The molecule has 18 heavy (non-hydrogen) atoms. The first kappa shape index (κ1) is 10.2. The van der Waals surface area contributed by atoms with Gasteiger partial charge >= 0.3 is 0 Å². The lowest BCUT2D eigenvalue weighted by atomic mass is 9.99. The van der Waals surface area contributed by atoms with Gasteiger partial charge in [-0.3, -0.25) is 0 Å². The summed E-state index contributed by atoms with van der Waals surface area (Å²) in [6.45, 7) is 1.08. The van der Waals surface area contributed by atoms with E-state index in [1.165, 1.54) is 27.9 Å². The Morgan fingerprint density at radius 2 is 1.89 bits per heavy atom. The van der Waals surface area contributed by atoms with Gasteiger partial charge in [-0.15, -0.1) is 0 Å². The Hall–Kier alpha value is -1.80. The first-order valence-corrected chi connectivity index (χ1v) is 6.56. The van der Waals surface area contributed by atoms with E-state index in [1.807, 2.05) is 7.05 Å². The molecule has 0 saturated heterocycles. The maximum Gasteiger partial charge on any atom is 0.0555 e. The number of rotatable bonds is 1. The Labute approximate surface area is 107 Å². The van der Waals surface area contributed by atoms with Gasteiger partial charge in [0.25, 0.3) is 0 Å². The SMILES string of the molecule is CNN1CCc2c1ccc1c2Cc2ccccc2-1. The molecule has 1 aliphatic carbocycles. The van der Waals surface area contributed by atoms with Crippen molar-refractivity contribution in [2.75, 3.05) is 18.6 Å². The lowest BCUT2D eigenvalue weighted by molar-refractivity contribution is 0.734. The standard InChI is InChI=1S/C16H16N2/c1-17-18-9-8-14-15-10-11-4-2-3-5-12(11)13(15)6-7-16(14)18/h2-7,17H,8-10H2,1H3. The van der Waals surface area contributed by atoms with Gasteiger partial charge in [0.05, 0.1) is 5.69 Å². The Morgan fingerprint density at radius 3 is 2.78 bits per heavy atom. The highest BCUT2D eigenvalue weighted by molar-refractivity contribution is 5.81. The van der Waals surface area contributed by atoms with Crippen LogP contribution in [-0.2, 0) is 12.8 Å². The minimum absolute atomic E-state index is 1.08. The van der Waals surface area contributed by atoms with Crippen LogP contribution in [0.25, 0.3) is 11.1 Å². The average Bonchev–Trinajstić information content (AvgIpc) is 2.99. The second-order valence-corrected chi connectivity index (χ2v) is 5.05. The van der Waals surface area contributed by atoms with Crippen LogP contribution in [0.2, 0.25) is 0 Å². The summed E-state index contributed by atoms with van der Waals surface area (Å²) in [5.41, 5.74) is 12.1. The smallest absolute Gasteiger partial charge is 0.0555 e. The summed E-state index contributed by atoms with van der Waals surface area (Å²) in [7, 11) is 2.00. The minimum Gasteiger partial charge on any atom is -0.308 e. The summed E-state index contributed by atoms with van der Waals surface area (Å²) >= 11 is 0. The summed E-state index contributed by atoms with van der Waals surface area (Å²) in [6.07, 6.45) is 2.26. The van der Waals surface area contributed by atoms with Crippen LogP contribution in [0, 0.1) is 0 Å². The number of benzene rings is 2. The third kappa shape index (κ3) is 1.21. The molecule has 1 heterocycles. The van der Waals surface area contributed by atoms with Gasteiger partial charge in [-0.2, -0.15) is 0 Å². The van der Waals surface area contributed by atoms with Crippen molar-refractivity contribution < 1.29 is 0 Å². The van der Waals surface area contributed by atoms with E-state index in [9.17, 15) is 0 Å². The molecule has 2 aliphatic rings. The molecule has 1 N–H and O–H groups in total. The summed E-state index contributed by atoms with van der Waals surface area (Å²) in [5.74, 6) is 0. The largest absolute Gasteiger partial charge is 0.308 e. The molecule has 0 saturated carbocycles. The fourth-order valence-corrected chi connectivity index (χ4v) is 3.37. The van der Waals surface area contributed by atoms with E-state index in [-0.39, 0.29) is 0 Å². The zero-order valence-electron chi connectivity index (χ0n) is 10.5. The van der Waals surface area contributed by atoms with Gasteiger partial charge in [-0.05, 0) is 46.7 Å². The molecule has 1 aliphatic heterocycles. The zero-order chi connectivity index (χ0) is 12.1. The van der Waals surface area contributed by atoms with E-state index in [4.69, 9.17) is 0 Å². The van der Waals surface area contributed by atoms with Crippen molar-refractivity contribution in [1.82, 2.24) is 5.43 Å². The van der Waals surface area contributed by atoms with Crippen LogP contribution < -0.4 is 10.4 Å². The van der Waals surface area contributed by atoms with Crippen molar-refractivity contribution in [3.05, 3.63) is 53.1 Å². The minimum atomic E-state index is 1.08. The monoisotopic (exact) mass is 236 g/mol. The van der Waals surface area contributed by atoms with Crippen molar-refractivity contribution >= 4 is 5.69 Å². The summed E-state index contributed by atoms with van der Waals surface area (Å²) < 4.78 is 0. The topological polar surface area (TPSA) is 15.3 Å². The van der Waals surface area contributed by atoms with Crippen molar-refractivity contribution in [2.45, 2.75) is 12.8 Å². The first-order chi connectivity index (χ1) is 8.88. The van der Waals surface area contributed by atoms with Gasteiger partial charge in [0.2, 0.25) is 0 Å². The maximum atomic E-state index is 3.27. The average molecular weight is 236 g/mol. The molecule has 0 radical (unpaired) electrons. The second kappa shape index (κ2) is 3.59. The van der Waals surface area contributed by atoms with Crippen LogP contribution in [0.4, 0.5) is 5.69 Å². The lowest BCUT2D eigenvalue weighted by Crippen LogP contribution is -2.32. The van der Waals surface area contributed by atoms with Gasteiger partial charge in [0.15, 0.2) is 0 Å². The van der Waals surface area contributed by atoms with E-state index in [2.05, 4.69) is 46.8 Å². The fourth-order valence-electron chi connectivity index (χ4n) is 3.37. The number of hydrogen-bond acceptors (Lipinski definition) is 2. The number of fused-ring (bicyclic) bond motifs is 5. The normalized spacial score (nSPS) is 15.5. The molecular formula is C16H16N2. The van der Waals surface area contributed by atoms with Crippen LogP contribution in [0.5, 0.6) is 0 Å². The molecule has 2 nitrogen and oxygen atoms in total. The number of hydrazine groups is 1. The predicted molar refractivity (Wildman–Crippen MR) is 74.8 cm³/mol. The quantitative estimate of drug-likeness (QED) is 0.699. The third-order valence-electron chi connectivity index (χ3n) is 4.23. The molecule has 4 rings (SSSR count). The number of hydrogen-bond donors (Lipinski definition) is 1. The van der Waals surface area contributed by atoms with Crippen LogP contribution in [0.3, 0.4) is 0 Å². The number of nitrogens with zero attached hydrogens (tertiary/aromatic N) is 1. The molecule has 90 valence electrons. The molecule has 0 unspecified atom stereocenters. The van der Waals surface area contributed by atoms with E-state index < -0.39 is 0 Å². The summed E-state index contributed by atoms with van der Waals surface area (Å²) in [5, 5.41) is 2.25. The molecule has 2 aromatic carbocycles. The van der Waals surface area contributed by atoms with Gasteiger partial charge in [-0.25, -0.2) is 5.43 Å². The van der Waals surface area contributed by atoms with E-state index in [0.29, 0.717) is 0 Å². The first-order valence-electron chi connectivity index (χ1n) is 6.56. The van der Waals surface area contributed by atoms with E-state index >= 15 is 0 Å². The Morgan fingerprint density at radius 1 is 1.00 bits per heavy atom. The second-order valence-electron chi connectivity index (χ2n) is 5.05. The Kier molecular flexibility index (Phi) is 2.03. The van der Waals surface area contributed by atoms with Crippen LogP contribution in [-0.4, -0.2) is 13.6 Å². The highest BCUT2D eigenvalue weighted by atomic mass is 15.5. The molecule has 0 amide bonds. The molecule has 0 atom stereocenters. The van der Waals surface area contributed by atoms with Crippen LogP contribution in [0.15, 0.2) is 36.4 Å². The van der Waals surface area contributed by atoms with Gasteiger partial charge in [0, 0.05) is 13.6 Å². The molecular weight excluding hydrogens is 220 g/mol. The summed E-state index contributed by atoms with van der Waals surface area (Å²) in [4.78, 5) is 0. The van der Waals surface area contributed by atoms with Gasteiger partial charge in [-0.1, -0.05) is 30.3 Å². The van der Waals surface area contributed by atoms with Gasteiger partial charge in [0.1, 0.15) is 0 Å². The third-order valence-corrected chi connectivity index (χ3v) is 4.23. The zero-order valence-corrected chi connectivity index (χ0v) is 10.5. The predicted octanol–water partition coefficient (Wildman–Crippen LogP) is 2.75. The Balaban J connectivity index is 1.92. The molecule has 0 spiro atoms. The van der Waals surface area contributed by atoms with E-state index in [1.54, 1.807) is 5.56 Å². The van der Waals surface area contributed by atoms with Crippen LogP contribution in [0.1, 0.15) is 16.7 Å². The summed E-state index contributed by atoms with van der Waals surface area (Å²) in [6, 6.07) is 13.3. The molecule has 2 aromatic rings. The highest BCUT2D eigenvalue weighted by Gasteiger charge is 2.27. The molecule has 0 aromatic heterocycles. The lowest BCUT2D eigenvalue weighted by Gasteiger charge is -2.18. The fraction of sp³-hybridized carbons (Fsp3) is 0.250. The molecule has 2 heteroatoms. The molecule has 0 bridgehead atoms. The van der Waals surface area contributed by atoms with Crippen molar-refractivity contribution in [3.63, 3.8) is 0 Å². The maximum absolute atomic E-state index is 3.27. The number of anilines is 1. The highest BCUT2D eigenvalue weighted by Crippen LogP contribution is 2.43. The molecule has 0 fully saturated rings.